The lowest BCUT2D eigenvalue weighted by atomic mass is 10.2. The summed E-state index contributed by atoms with van der Waals surface area (Å²) in [5, 5.41) is 10.3. The number of ether oxygens (including phenoxy) is 2. The topological polar surface area (TPSA) is 80.3 Å². The maximum Gasteiger partial charge on any atom is 0.230 e. The van der Waals surface area contributed by atoms with Crippen molar-refractivity contribution in [2.45, 2.75) is 0 Å². The van der Waals surface area contributed by atoms with Crippen LogP contribution in [0.25, 0.3) is 10.9 Å². The highest BCUT2D eigenvalue weighted by Crippen LogP contribution is 2.33. The van der Waals surface area contributed by atoms with Gasteiger partial charge in [0.25, 0.3) is 0 Å². The first-order chi connectivity index (χ1) is 9.28. The van der Waals surface area contributed by atoms with E-state index >= 15 is 0 Å². The normalized spacial score (nSPS) is 10.6. The van der Waals surface area contributed by atoms with Crippen LogP contribution in [0.3, 0.4) is 0 Å². The van der Waals surface area contributed by atoms with Crippen LogP contribution >= 0.6 is 0 Å². The van der Waals surface area contributed by atoms with Crippen molar-refractivity contribution in [2.75, 3.05) is 7.11 Å². The van der Waals surface area contributed by atoms with E-state index in [0.717, 1.165) is 5.52 Å². The van der Waals surface area contributed by atoms with Gasteiger partial charge in [-0.05, 0) is 18.2 Å². The molecule has 0 radical (unpaired) electrons. The molecule has 0 saturated carbocycles. The summed E-state index contributed by atoms with van der Waals surface area (Å²) >= 11 is 0. The Morgan fingerprint density at radius 3 is 2.84 bits per heavy atom. The average Bonchev–Trinajstić information content (AvgIpc) is 2.84. The second-order valence-electron chi connectivity index (χ2n) is 3.87. The van der Waals surface area contributed by atoms with E-state index in [2.05, 4.69) is 15.0 Å². The van der Waals surface area contributed by atoms with Crippen molar-refractivity contribution in [3.63, 3.8) is 0 Å². The average molecular weight is 257 g/mol. The van der Waals surface area contributed by atoms with Crippen LogP contribution in [0.15, 0.2) is 36.9 Å². The molecule has 0 aliphatic heterocycles. The van der Waals surface area contributed by atoms with Gasteiger partial charge in [0.15, 0.2) is 11.5 Å². The van der Waals surface area contributed by atoms with E-state index in [1.165, 1.54) is 12.5 Å². The highest BCUT2D eigenvalue weighted by atomic mass is 16.5. The molecular formula is C13H11N3O3. The predicted octanol–water partition coefficient (Wildman–Crippen LogP) is 2.46. The number of methoxy groups -OCH3 is 1. The Bertz CT molecular complexity index is 724. The lowest BCUT2D eigenvalue weighted by molar-refractivity contribution is 0.407. The van der Waals surface area contributed by atoms with Gasteiger partial charge >= 0.3 is 0 Å². The van der Waals surface area contributed by atoms with Crippen molar-refractivity contribution in [3.8, 4) is 23.1 Å². The van der Waals surface area contributed by atoms with Gasteiger partial charge in [0, 0.05) is 12.4 Å². The third-order valence-electron chi connectivity index (χ3n) is 2.70. The highest BCUT2D eigenvalue weighted by Gasteiger charge is 2.10. The van der Waals surface area contributed by atoms with E-state index in [-0.39, 0.29) is 5.75 Å². The molecule has 0 aliphatic rings. The van der Waals surface area contributed by atoms with Crippen molar-refractivity contribution < 1.29 is 14.6 Å². The minimum atomic E-state index is 0.0228. The number of benzene rings is 1. The number of hydrogen-bond donors (Lipinski definition) is 2. The van der Waals surface area contributed by atoms with Gasteiger partial charge in [-0.3, -0.25) is 0 Å². The van der Waals surface area contributed by atoms with Gasteiger partial charge in [0.2, 0.25) is 5.88 Å². The van der Waals surface area contributed by atoms with Gasteiger partial charge in [-0.25, -0.2) is 9.97 Å². The maximum absolute atomic E-state index is 9.56. The molecule has 2 aromatic heterocycles. The molecule has 0 spiro atoms. The lowest BCUT2D eigenvalue weighted by Gasteiger charge is -2.07. The number of hydrogen-bond acceptors (Lipinski definition) is 5. The first-order valence-electron chi connectivity index (χ1n) is 5.60. The molecule has 2 heterocycles. The number of fused-ring (bicyclic) bond motifs is 1. The fourth-order valence-corrected chi connectivity index (χ4v) is 1.75. The molecule has 96 valence electrons. The fraction of sp³-hybridized carbons (Fsp3) is 0.0769. The minimum absolute atomic E-state index is 0.0228. The number of aromatic hydroxyl groups is 1. The Kier molecular flexibility index (Phi) is 2.68. The van der Waals surface area contributed by atoms with Gasteiger partial charge in [0.1, 0.15) is 12.1 Å². The molecule has 0 amide bonds. The standard InChI is InChI=1S/C13H11N3O3/c1-18-8-2-3-10-9(4-8)13(16-7-15-10)19-12-6-14-5-11(12)17/h2-7,14,17H,1H3. The first-order valence-corrected chi connectivity index (χ1v) is 5.60. The number of nitrogens with one attached hydrogen (secondary N) is 1. The molecule has 0 aliphatic carbocycles. The summed E-state index contributed by atoms with van der Waals surface area (Å²) < 4.78 is 10.7. The third-order valence-corrected chi connectivity index (χ3v) is 2.70. The third kappa shape index (κ3) is 2.03. The molecule has 3 aromatic rings. The monoisotopic (exact) mass is 257 g/mol. The maximum atomic E-state index is 9.56. The number of aromatic amines is 1. The Morgan fingerprint density at radius 2 is 2.11 bits per heavy atom. The summed E-state index contributed by atoms with van der Waals surface area (Å²) in [7, 11) is 1.59. The number of aromatic nitrogens is 3. The zero-order chi connectivity index (χ0) is 13.2. The zero-order valence-electron chi connectivity index (χ0n) is 10.1. The van der Waals surface area contributed by atoms with Crippen molar-refractivity contribution >= 4 is 10.9 Å². The number of rotatable bonds is 3. The second-order valence-corrected chi connectivity index (χ2v) is 3.87. The molecular weight excluding hydrogens is 246 g/mol. The van der Waals surface area contributed by atoms with E-state index < -0.39 is 0 Å². The van der Waals surface area contributed by atoms with Crippen LogP contribution in [0.4, 0.5) is 0 Å². The molecule has 0 fully saturated rings. The van der Waals surface area contributed by atoms with Crippen LogP contribution in [0.2, 0.25) is 0 Å². The summed E-state index contributed by atoms with van der Waals surface area (Å²) in [6.45, 7) is 0. The minimum Gasteiger partial charge on any atom is -0.503 e. The Balaban J connectivity index is 2.10. The van der Waals surface area contributed by atoms with Gasteiger partial charge in [0.05, 0.1) is 18.0 Å². The van der Waals surface area contributed by atoms with Crippen LogP contribution in [-0.4, -0.2) is 27.2 Å². The van der Waals surface area contributed by atoms with E-state index in [1.54, 1.807) is 19.4 Å². The molecule has 0 bridgehead atoms. The lowest BCUT2D eigenvalue weighted by Crippen LogP contribution is -1.91. The molecule has 19 heavy (non-hydrogen) atoms. The predicted molar refractivity (Wildman–Crippen MR) is 68.6 cm³/mol. The largest absolute Gasteiger partial charge is 0.503 e. The van der Waals surface area contributed by atoms with E-state index in [4.69, 9.17) is 9.47 Å². The number of nitrogens with zero attached hydrogens (tertiary/aromatic N) is 2. The van der Waals surface area contributed by atoms with Crippen LogP contribution in [0, 0.1) is 0 Å². The second kappa shape index (κ2) is 4.49. The summed E-state index contributed by atoms with van der Waals surface area (Å²) in [6, 6.07) is 5.42. The smallest absolute Gasteiger partial charge is 0.230 e. The molecule has 1 aromatic carbocycles. The van der Waals surface area contributed by atoms with Crippen molar-refractivity contribution in [3.05, 3.63) is 36.9 Å². The Hall–Kier alpha value is -2.76. The molecule has 0 unspecified atom stereocenters. The number of H-pyrrole nitrogens is 1. The summed E-state index contributed by atoms with van der Waals surface area (Å²) in [5.41, 5.74) is 0.737. The van der Waals surface area contributed by atoms with Gasteiger partial charge in [-0.2, -0.15) is 0 Å². The van der Waals surface area contributed by atoms with E-state index in [9.17, 15) is 5.11 Å². The van der Waals surface area contributed by atoms with Gasteiger partial charge in [-0.15, -0.1) is 0 Å². The van der Waals surface area contributed by atoms with Crippen molar-refractivity contribution in [2.24, 2.45) is 0 Å². The summed E-state index contributed by atoms with van der Waals surface area (Å²) in [4.78, 5) is 11.0. The Labute approximate surface area is 108 Å². The van der Waals surface area contributed by atoms with Crippen LogP contribution in [0.1, 0.15) is 0 Å². The molecule has 0 atom stereocenters. The fourth-order valence-electron chi connectivity index (χ4n) is 1.75. The molecule has 6 heteroatoms. The molecule has 2 N–H and O–H groups in total. The molecule has 6 nitrogen and oxygen atoms in total. The highest BCUT2D eigenvalue weighted by molar-refractivity contribution is 5.84. The molecule has 0 saturated heterocycles. The van der Waals surface area contributed by atoms with Gasteiger partial charge < -0.3 is 19.6 Å². The quantitative estimate of drug-likeness (QED) is 0.753. The van der Waals surface area contributed by atoms with Gasteiger partial charge in [-0.1, -0.05) is 0 Å². The van der Waals surface area contributed by atoms with Crippen LogP contribution in [0.5, 0.6) is 23.1 Å². The summed E-state index contributed by atoms with van der Waals surface area (Å²) in [5.74, 6) is 1.38. The Morgan fingerprint density at radius 1 is 1.21 bits per heavy atom. The SMILES string of the molecule is COc1ccc2ncnc(Oc3c[nH]cc3O)c2c1. The van der Waals surface area contributed by atoms with E-state index in [1.807, 2.05) is 12.1 Å². The first kappa shape index (κ1) is 11.3. The van der Waals surface area contributed by atoms with Crippen molar-refractivity contribution in [1.82, 2.24) is 15.0 Å². The van der Waals surface area contributed by atoms with Crippen LogP contribution < -0.4 is 9.47 Å². The van der Waals surface area contributed by atoms with E-state index in [0.29, 0.717) is 22.8 Å². The zero-order valence-corrected chi connectivity index (χ0v) is 10.1. The van der Waals surface area contributed by atoms with Crippen molar-refractivity contribution in [1.29, 1.82) is 0 Å². The van der Waals surface area contributed by atoms with Crippen LogP contribution in [-0.2, 0) is 0 Å². The summed E-state index contributed by atoms with van der Waals surface area (Å²) in [6.07, 6.45) is 4.39. The molecule has 3 rings (SSSR count).